The molecule has 0 radical (unpaired) electrons. The molecule has 232 valence electrons. The summed E-state index contributed by atoms with van der Waals surface area (Å²) in [4.78, 5) is 30.5. The van der Waals surface area contributed by atoms with Crippen LogP contribution in [-0.4, -0.2) is 56.0 Å². The van der Waals surface area contributed by atoms with Crippen molar-refractivity contribution in [3.05, 3.63) is 98.4 Å². The van der Waals surface area contributed by atoms with E-state index in [4.69, 9.17) is 38.4 Å². The number of pyridine rings is 1. The van der Waals surface area contributed by atoms with Crippen molar-refractivity contribution in [1.29, 1.82) is 0 Å². The molecule has 3 heterocycles. The third-order valence-electron chi connectivity index (χ3n) is 6.33. The topological polar surface area (TPSA) is 161 Å². The highest BCUT2D eigenvalue weighted by Crippen LogP contribution is 2.39. The zero-order valence-electron chi connectivity index (χ0n) is 23.3. The lowest BCUT2D eigenvalue weighted by molar-refractivity contribution is -0.144. The minimum atomic E-state index is -3.61. The standard InChI is InChI=1S/C23H20Cl2N2O7S2.C6H8N2/c1-33-15-4-7-18-17(8-15)27(10-19(34-18)23(29)30)22(28)21-20(25)13(11-35-21)9-26-12-36(31,32)16-5-2-14(24)3-6-16;7-4-6-2-1-3-8-5-6/h2-8,11,19,26H,9-10,12H2,1H3,(H,29,30);1-3,5H,4,7H2. The van der Waals surface area contributed by atoms with E-state index >= 15 is 0 Å². The van der Waals surface area contributed by atoms with E-state index < -0.39 is 27.8 Å². The van der Waals surface area contributed by atoms with Crippen LogP contribution in [-0.2, 0) is 27.7 Å². The number of nitrogens with two attached hydrogens (primary N) is 1. The highest BCUT2D eigenvalue weighted by atomic mass is 35.5. The third-order valence-corrected chi connectivity index (χ3v) is 9.72. The average molecular weight is 680 g/mol. The predicted molar refractivity (Wildman–Crippen MR) is 169 cm³/mol. The van der Waals surface area contributed by atoms with Crippen molar-refractivity contribution in [3.63, 3.8) is 0 Å². The Kier molecular flexibility index (Phi) is 11.2. The molecule has 11 nitrogen and oxygen atoms in total. The molecule has 0 aliphatic carbocycles. The number of anilines is 1. The fourth-order valence-electron chi connectivity index (χ4n) is 4.04. The lowest BCUT2D eigenvalue weighted by Gasteiger charge is -2.33. The maximum Gasteiger partial charge on any atom is 0.346 e. The normalized spacial score (nSPS) is 14.1. The summed E-state index contributed by atoms with van der Waals surface area (Å²) in [7, 11) is -2.13. The van der Waals surface area contributed by atoms with Crippen molar-refractivity contribution < 1.29 is 32.6 Å². The number of nitrogens with one attached hydrogen (secondary N) is 1. The SMILES string of the molecule is COc1ccc2c(c1)N(C(=O)c1scc(CNCS(=O)(=O)c3ccc(Cl)cc3)c1Cl)CC(C(=O)O)O2.NCc1cccnc1. The van der Waals surface area contributed by atoms with Crippen molar-refractivity contribution in [2.75, 3.05) is 24.4 Å². The Balaban J connectivity index is 0.000000479. The maximum absolute atomic E-state index is 13.4. The van der Waals surface area contributed by atoms with Crippen LogP contribution < -0.4 is 25.4 Å². The fourth-order valence-corrected chi connectivity index (χ4v) is 6.56. The van der Waals surface area contributed by atoms with Crippen LogP contribution in [0.1, 0.15) is 20.8 Å². The lowest BCUT2D eigenvalue weighted by Crippen LogP contribution is -2.47. The number of carbonyl (C=O) groups is 2. The number of aliphatic carboxylic acids is 1. The predicted octanol–water partition coefficient (Wildman–Crippen LogP) is 4.62. The van der Waals surface area contributed by atoms with Gasteiger partial charge in [-0.3, -0.25) is 20.0 Å². The van der Waals surface area contributed by atoms with E-state index in [9.17, 15) is 23.1 Å². The maximum atomic E-state index is 13.4. The summed E-state index contributed by atoms with van der Waals surface area (Å²) in [6.45, 7) is 0.448. The first kappa shape index (κ1) is 33.2. The molecule has 1 unspecified atom stereocenters. The van der Waals surface area contributed by atoms with Crippen molar-refractivity contribution in [2.45, 2.75) is 24.1 Å². The largest absolute Gasteiger partial charge is 0.497 e. The molecule has 0 spiro atoms. The van der Waals surface area contributed by atoms with E-state index in [1.807, 2.05) is 12.1 Å². The second-order valence-corrected chi connectivity index (χ2v) is 13.0. The van der Waals surface area contributed by atoms with Crippen molar-refractivity contribution >= 4 is 61.9 Å². The van der Waals surface area contributed by atoms with Gasteiger partial charge in [0.15, 0.2) is 9.84 Å². The van der Waals surface area contributed by atoms with Gasteiger partial charge in [0.05, 0.1) is 29.3 Å². The number of benzene rings is 2. The number of carbonyl (C=O) groups excluding carboxylic acids is 1. The Hall–Kier alpha value is -3.72. The minimum absolute atomic E-state index is 0.0979. The Morgan fingerprint density at radius 2 is 1.95 bits per heavy atom. The van der Waals surface area contributed by atoms with E-state index in [1.54, 1.807) is 29.9 Å². The third kappa shape index (κ3) is 8.05. The summed E-state index contributed by atoms with van der Waals surface area (Å²) in [5.74, 6) is -1.37. The first-order valence-electron chi connectivity index (χ1n) is 13.0. The van der Waals surface area contributed by atoms with Crippen LogP contribution in [0.4, 0.5) is 5.69 Å². The van der Waals surface area contributed by atoms with Crippen LogP contribution in [0.25, 0.3) is 0 Å². The molecule has 2 aromatic carbocycles. The van der Waals surface area contributed by atoms with Gasteiger partial charge >= 0.3 is 5.97 Å². The van der Waals surface area contributed by atoms with Gasteiger partial charge < -0.3 is 20.3 Å². The van der Waals surface area contributed by atoms with E-state index in [1.165, 1.54) is 42.3 Å². The van der Waals surface area contributed by atoms with Gasteiger partial charge in [0.2, 0.25) is 6.10 Å². The molecule has 0 fully saturated rings. The number of carboxylic acid groups (broad SMARTS) is 1. The minimum Gasteiger partial charge on any atom is -0.497 e. The highest BCUT2D eigenvalue weighted by molar-refractivity contribution is 7.91. The van der Waals surface area contributed by atoms with E-state index in [0.717, 1.165) is 16.9 Å². The number of amides is 1. The summed E-state index contributed by atoms with van der Waals surface area (Å²) >= 11 is 13.4. The summed E-state index contributed by atoms with van der Waals surface area (Å²) in [5, 5.41) is 14.6. The Labute approximate surface area is 268 Å². The number of rotatable bonds is 9. The summed E-state index contributed by atoms with van der Waals surface area (Å²) < 4.78 is 35.8. The molecule has 0 saturated carbocycles. The van der Waals surface area contributed by atoms with Crippen LogP contribution in [0.5, 0.6) is 11.5 Å². The molecule has 4 N–H and O–H groups in total. The van der Waals surface area contributed by atoms with Gasteiger partial charge in [-0.15, -0.1) is 11.3 Å². The summed E-state index contributed by atoms with van der Waals surface area (Å²) in [5.41, 5.74) is 7.28. The van der Waals surface area contributed by atoms with Crippen LogP contribution >= 0.6 is 34.5 Å². The fraction of sp³-hybridized carbons (Fsp3) is 0.207. The first-order valence-corrected chi connectivity index (χ1v) is 16.3. The highest BCUT2D eigenvalue weighted by Gasteiger charge is 2.36. The number of methoxy groups -OCH3 is 1. The molecule has 1 amide bonds. The number of hydrogen-bond acceptors (Lipinski definition) is 10. The molecular formula is C29H28Cl2N4O7S2. The van der Waals surface area contributed by atoms with Gasteiger partial charge in [0, 0.05) is 36.6 Å². The number of ether oxygens (including phenoxy) is 2. The number of hydrogen-bond donors (Lipinski definition) is 3. The van der Waals surface area contributed by atoms with Crippen molar-refractivity contribution in [2.24, 2.45) is 5.73 Å². The van der Waals surface area contributed by atoms with Gasteiger partial charge in [-0.2, -0.15) is 0 Å². The second kappa shape index (κ2) is 14.8. The molecule has 4 aromatic rings. The number of fused-ring (bicyclic) bond motifs is 1. The van der Waals surface area contributed by atoms with E-state index in [2.05, 4.69) is 10.3 Å². The van der Waals surface area contributed by atoms with Crippen LogP contribution in [0.2, 0.25) is 10.0 Å². The van der Waals surface area contributed by atoms with Crippen LogP contribution in [0.3, 0.4) is 0 Å². The van der Waals surface area contributed by atoms with Gasteiger partial charge in [-0.25, -0.2) is 13.2 Å². The number of halogens is 2. The summed E-state index contributed by atoms with van der Waals surface area (Å²) in [6.07, 6.45) is 2.24. The van der Waals surface area contributed by atoms with Gasteiger partial charge in [-0.05, 0) is 59.0 Å². The Bertz CT molecular complexity index is 1720. The number of nitrogens with zero attached hydrogens (tertiary/aromatic N) is 2. The molecule has 44 heavy (non-hydrogen) atoms. The van der Waals surface area contributed by atoms with Crippen molar-refractivity contribution in [1.82, 2.24) is 10.3 Å². The molecular weight excluding hydrogens is 651 g/mol. The molecule has 1 aliphatic rings. The Morgan fingerprint density at radius 3 is 2.57 bits per heavy atom. The van der Waals surface area contributed by atoms with Gasteiger partial charge in [0.25, 0.3) is 5.91 Å². The number of carboxylic acids is 1. The van der Waals surface area contributed by atoms with Crippen LogP contribution in [0.15, 0.2) is 77.3 Å². The second-order valence-electron chi connectivity index (χ2n) is 9.30. The average Bonchev–Trinajstić information content (AvgIpc) is 3.40. The van der Waals surface area contributed by atoms with E-state index in [-0.39, 0.29) is 39.5 Å². The monoisotopic (exact) mass is 678 g/mol. The Morgan fingerprint density at radius 1 is 1.20 bits per heavy atom. The summed E-state index contributed by atoms with van der Waals surface area (Å²) in [6, 6.07) is 14.4. The van der Waals surface area contributed by atoms with Crippen LogP contribution in [0, 0.1) is 0 Å². The molecule has 0 saturated heterocycles. The van der Waals surface area contributed by atoms with Gasteiger partial charge in [0.1, 0.15) is 22.3 Å². The molecule has 5 rings (SSSR count). The number of aromatic nitrogens is 1. The first-order chi connectivity index (χ1) is 21.0. The quantitative estimate of drug-likeness (QED) is 0.228. The zero-order chi connectivity index (χ0) is 31.9. The van der Waals surface area contributed by atoms with E-state index in [0.29, 0.717) is 28.6 Å². The van der Waals surface area contributed by atoms with Gasteiger partial charge in [-0.1, -0.05) is 29.3 Å². The van der Waals surface area contributed by atoms with Crippen molar-refractivity contribution in [3.8, 4) is 11.5 Å². The zero-order valence-corrected chi connectivity index (χ0v) is 26.4. The molecule has 2 aromatic heterocycles. The smallest absolute Gasteiger partial charge is 0.346 e. The number of thiophene rings is 1. The molecule has 1 atom stereocenters. The lowest BCUT2D eigenvalue weighted by atomic mass is 10.1. The molecule has 15 heteroatoms. The molecule has 1 aliphatic heterocycles. The number of sulfone groups is 1. The molecule has 0 bridgehead atoms.